The van der Waals surface area contributed by atoms with Crippen LogP contribution in [0.15, 0.2) is 24.5 Å². The van der Waals surface area contributed by atoms with Crippen molar-refractivity contribution in [2.24, 2.45) is 0 Å². The third-order valence-corrected chi connectivity index (χ3v) is 3.02. The van der Waals surface area contributed by atoms with Gasteiger partial charge in [-0.2, -0.15) is 19.0 Å². The van der Waals surface area contributed by atoms with Crippen LogP contribution >= 0.6 is 0 Å². The van der Waals surface area contributed by atoms with Crippen LogP contribution in [0.3, 0.4) is 0 Å². The highest BCUT2D eigenvalue weighted by Crippen LogP contribution is 2.15. The van der Waals surface area contributed by atoms with Crippen molar-refractivity contribution < 1.29 is 8.78 Å². The molecule has 1 unspecified atom stereocenters. The Morgan fingerprint density at radius 2 is 2.16 bits per heavy atom. The first-order valence-electron chi connectivity index (χ1n) is 6.21. The summed E-state index contributed by atoms with van der Waals surface area (Å²) in [6.45, 7) is 2.07. The van der Waals surface area contributed by atoms with Crippen LogP contribution in [0, 0.1) is 0 Å². The lowest BCUT2D eigenvalue weighted by Gasteiger charge is -2.13. The minimum absolute atomic E-state index is 0.311. The van der Waals surface area contributed by atoms with Crippen LogP contribution in [0.4, 0.5) is 14.6 Å². The van der Waals surface area contributed by atoms with Crippen LogP contribution in [-0.4, -0.2) is 19.6 Å². The number of nitrogens with one attached hydrogen (secondary N) is 1. The third kappa shape index (κ3) is 3.10. The first-order chi connectivity index (χ1) is 9.11. The van der Waals surface area contributed by atoms with E-state index in [9.17, 15) is 8.78 Å². The summed E-state index contributed by atoms with van der Waals surface area (Å²) in [5.41, 5.74) is 1.00. The van der Waals surface area contributed by atoms with E-state index in [0.29, 0.717) is 23.1 Å². The largest absolute Gasteiger partial charge is 0.363 e. The summed E-state index contributed by atoms with van der Waals surface area (Å²) in [7, 11) is 0. The van der Waals surface area contributed by atoms with Crippen molar-refractivity contribution in [2.45, 2.75) is 39.4 Å². The SMILES string of the molecule is CCC(C)n1nccc1CNc1ccn(C(F)F)n1. The minimum Gasteiger partial charge on any atom is -0.363 e. The molecule has 0 aliphatic rings. The first kappa shape index (κ1) is 13.5. The van der Waals surface area contributed by atoms with Crippen molar-refractivity contribution in [2.75, 3.05) is 5.32 Å². The van der Waals surface area contributed by atoms with Gasteiger partial charge >= 0.3 is 6.55 Å². The van der Waals surface area contributed by atoms with Gasteiger partial charge in [0.2, 0.25) is 0 Å². The molecule has 0 spiro atoms. The van der Waals surface area contributed by atoms with E-state index in [1.165, 1.54) is 12.3 Å². The van der Waals surface area contributed by atoms with Crippen LogP contribution < -0.4 is 5.32 Å². The van der Waals surface area contributed by atoms with Crippen molar-refractivity contribution in [1.82, 2.24) is 19.6 Å². The second kappa shape index (κ2) is 5.81. The van der Waals surface area contributed by atoms with Gasteiger partial charge in [-0.3, -0.25) is 4.68 Å². The molecule has 5 nitrogen and oxygen atoms in total. The van der Waals surface area contributed by atoms with Gasteiger partial charge in [-0.15, -0.1) is 0 Å². The summed E-state index contributed by atoms with van der Waals surface area (Å²) in [6.07, 6.45) is 3.97. The maximum atomic E-state index is 12.4. The molecule has 0 bridgehead atoms. The fraction of sp³-hybridized carbons (Fsp3) is 0.500. The quantitative estimate of drug-likeness (QED) is 0.876. The van der Waals surface area contributed by atoms with Crippen molar-refractivity contribution in [3.63, 3.8) is 0 Å². The standard InChI is InChI=1S/C12H17F2N5/c1-3-9(2)19-10(4-6-16-19)8-15-11-5-7-18(17-11)12(13)14/h4-7,9,12H,3,8H2,1-2H3,(H,15,17). The number of alkyl halides is 2. The van der Waals surface area contributed by atoms with Crippen LogP contribution in [0.5, 0.6) is 0 Å². The Morgan fingerprint density at radius 3 is 2.79 bits per heavy atom. The zero-order valence-electron chi connectivity index (χ0n) is 10.9. The molecule has 1 atom stereocenters. The number of aromatic nitrogens is 4. The molecule has 0 saturated heterocycles. The number of hydrogen-bond donors (Lipinski definition) is 1. The molecule has 0 aromatic carbocycles. The zero-order valence-corrected chi connectivity index (χ0v) is 10.9. The van der Waals surface area contributed by atoms with Crippen molar-refractivity contribution in [3.8, 4) is 0 Å². The van der Waals surface area contributed by atoms with Crippen LogP contribution in [0.1, 0.15) is 38.6 Å². The molecule has 1 N–H and O–H groups in total. The van der Waals surface area contributed by atoms with Crippen molar-refractivity contribution in [1.29, 1.82) is 0 Å². The molecular weight excluding hydrogens is 252 g/mol. The highest BCUT2D eigenvalue weighted by atomic mass is 19.3. The van der Waals surface area contributed by atoms with Gasteiger partial charge in [-0.1, -0.05) is 6.92 Å². The second-order valence-electron chi connectivity index (χ2n) is 4.34. The van der Waals surface area contributed by atoms with E-state index in [2.05, 4.69) is 29.4 Å². The Labute approximate surface area is 110 Å². The van der Waals surface area contributed by atoms with E-state index >= 15 is 0 Å². The fourth-order valence-electron chi connectivity index (χ4n) is 1.77. The summed E-state index contributed by atoms with van der Waals surface area (Å²) < 4.78 is 27.3. The van der Waals surface area contributed by atoms with E-state index in [0.717, 1.165) is 12.1 Å². The molecule has 0 saturated carbocycles. The lowest BCUT2D eigenvalue weighted by atomic mass is 10.2. The van der Waals surface area contributed by atoms with Crippen molar-refractivity contribution in [3.05, 3.63) is 30.2 Å². The lowest BCUT2D eigenvalue weighted by molar-refractivity contribution is 0.0569. The Balaban J connectivity index is 2.00. The third-order valence-electron chi connectivity index (χ3n) is 3.02. The number of halogens is 2. The molecule has 0 amide bonds. The zero-order chi connectivity index (χ0) is 13.8. The molecule has 2 aromatic rings. The first-order valence-corrected chi connectivity index (χ1v) is 6.21. The van der Waals surface area contributed by atoms with Gasteiger partial charge in [0.1, 0.15) is 5.82 Å². The highest BCUT2D eigenvalue weighted by molar-refractivity contribution is 5.32. The summed E-state index contributed by atoms with van der Waals surface area (Å²) in [6, 6.07) is 3.74. The molecule has 2 heterocycles. The Hall–Kier alpha value is -1.92. The summed E-state index contributed by atoms with van der Waals surface area (Å²) in [4.78, 5) is 0. The molecule has 0 fully saturated rings. The average Bonchev–Trinajstić information content (AvgIpc) is 3.04. The monoisotopic (exact) mass is 269 g/mol. The molecule has 0 aliphatic carbocycles. The average molecular weight is 269 g/mol. The van der Waals surface area contributed by atoms with E-state index < -0.39 is 6.55 Å². The van der Waals surface area contributed by atoms with Gasteiger partial charge in [0.25, 0.3) is 0 Å². The Morgan fingerprint density at radius 1 is 1.37 bits per heavy atom. The Kier molecular flexibility index (Phi) is 4.13. The van der Waals surface area contributed by atoms with Gasteiger partial charge in [0.05, 0.1) is 12.2 Å². The molecule has 0 aliphatic heterocycles. The normalized spacial score (nSPS) is 12.9. The molecular formula is C12H17F2N5. The van der Waals surface area contributed by atoms with Crippen LogP contribution in [0.2, 0.25) is 0 Å². The van der Waals surface area contributed by atoms with Gasteiger partial charge < -0.3 is 5.32 Å². The summed E-state index contributed by atoms with van der Waals surface area (Å²) in [5.74, 6) is 0.428. The van der Waals surface area contributed by atoms with E-state index in [1.807, 2.05) is 10.7 Å². The molecule has 104 valence electrons. The summed E-state index contributed by atoms with van der Waals surface area (Å²) >= 11 is 0. The molecule has 2 aromatic heterocycles. The smallest absolute Gasteiger partial charge is 0.333 e. The van der Waals surface area contributed by atoms with Crippen LogP contribution in [-0.2, 0) is 6.54 Å². The topological polar surface area (TPSA) is 47.7 Å². The molecule has 0 radical (unpaired) electrons. The Bertz CT molecular complexity index is 520. The minimum atomic E-state index is -2.61. The van der Waals surface area contributed by atoms with Gasteiger partial charge in [-0.25, -0.2) is 4.68 Å². The maximum absolute atomic E-state index is 12.4. The van der Waals surface area contributed by atoms with Gasteiger partial charge in [0, 0.05) is 24.5 Å². The number of rotatable bonds is 6. The number of hydrogen-bond acceptors (Lipinski definition) is 3. The lowest BCUT2D eigenvalue weighted by Crippen LogP contribution is -2.13. The number of nitrogens with zero attached hydrogens (tertiary/aromatic N) is 4. The second-order valence-corrected chi connectivity index (χ2v) is 4.34. The van der Waals surface area contributed by atoms with E-state index in [4.69, 9.17) is 0 Å². The van der Waals surface area contributed by atoms with E-state index in [-0.39, 0.29) is 0 Å². The molecule has 19 heavy (non-hydrogen) atoms. The molecule has 2 rings (SSSR count). The predicted octanol–water partition coefficient (Wildman–Crippen LogP) is 3.06. The van der Waals surface area contributed by atoms with Crippen molar-refractivity contribution >= 4 is 5.82 Å². The number of anilines is 1. The van der Waals surface area contributed by atoms with E-state index in [1.54, 1.807) is 6.20 Å². The summed E-state index contributed by atoms with van der Waals surface area (Å²) in [5, 5.41) is 11.0. The maximum Gasteiger partial charge on any atom is 0.333 e. The fourth-order valence-corrected chi connectivity index (χ4v) is 1.77. The predicted molar refractivity (Wildman–Crippen MR) is 68.0 cm³/mol. The molecule has 7 heteroatoms. The van der Waals surface area contributed by atoms with Crippen LogP contribution in [0.25, 0.3) is 0 Å². The van der Waals surface area contributed by atoms with Gasteiger partial charge in [-0.05, 0) is 19.4 Å². The highest BCUT2D eigenvalue weighted by Gasteiger charge is 2.10. The van der Waals surface area contributed by atoms with Gasteiger partial charge in [0.15, 0.2) is 0 Å².